The molecule has 0 aliphatic carbocycles. The lowest BCUT2D eigenvalue weighted by molar-refractivity contribution is -0.122. The van der Waals surface area contributed by atoms with Crippen molar-refractivity contribution < 1.29 is 37.0 Å². The third kappa shape index (κ3) is 4.94. The second-order valence-corrected chi connectivity index (χ2v) is 9.13. The minimum atomic E-state index is -3.75. The number of carbonyl (C=O) groups is 3. The third-order valence-corrected chi connectivity index (χ3v) is 5.91. The maximum Gasteiger partial charge on any atom is 0.337 e. The lowest BCUT2D eigenvalue weighted by atomic mass is 10.1. The molecule has 1 unspecified atom stereocenters. The van der Waals surface area contributed by atoms with Crippen LogP contribution in [0.4, 0.5) is 11.4 Å². The summed E-state index contributed by atoms with van der Waals surface area (Å²) in [5.74, 6) is -2.00. The number of sulfonamides is 1. The molecule has 2 aromatic carbocycles. The monoisotopic (exact) mass is 482 g/mol. The normalized spacial score (nSPS) is 15.2. The van der Waals surface area contributed by atoms with Gasteiger partial charge in [0.25, 0.3) is 5.91 Å². The van der Waals surface area contributed by atoms with Crippen molar-refractivity contribution in [1.82, 2.24) is 0 Å². The fourth-order valence-corrected chi connectivity index (χ4v) is 4.14. The van der Waals surface area contributed by atoms with Crippen LogP contribution in [0.3, 0.4) is 0 Å². The number of anilines is 2. The van der Waals surface area contributed by atoms with Crippen molar-refractivity contribution in [3.8, 4) is 5.75 Å². The number of ether oxygens (including phenoxy) is 3. The Kier molecular flexibility index (Phi) is 6.60. The molecule has 12 heteroatoms. The van der Waals surface area contributed by atoms with Gasteiger partial charge in [-0.1, -0.05) is 11.6 Å². The number of benzene rings is 2. The molecule has 0 saturated heterocycles. The summed E-state index contributed by atoms with van der Waals surface area (Å²) in [5, 5.41) is 2.84. The van der Waals surface area contributed by atoms with Gasteiger partial charge in [0.15, 0.2) is 6.10 Å². The van der Waals surface area contributed by atoms with Crippen LogP contribution >= 0.6 is 11.6 Å². The number of methoxy groups -OCH3 is 2. The summed E-state index contributed by atoms with van der Waals surface area (Å²) in [4.78, 5) is 36.8. The Hall–Kier alpha value is -3.31. The highest BCUT2D eigenvalue weighted by atomic mass is 35.5. The van der Waals surface area contributed by atoms with E-state index in [-0.39, 0.29) is 34.8 Å². The molecule has 0 saturated carbocycles. The summed E-state index contributed by atoms with van der Waals surface area (Å²) >= 11 is 5.97. The first kappa shape index (κ1) is 23.4. The number of esters is 2. The van der Waals surface area contributed by atoms with E-state index in [9.17, 15) is 22.8 Å². The number of hydrogen-bond donors (Lipinski definition) is 1. The molecule has 1 N–H and O–H groups in total. The zero-order valence-corrected chi connectivity index (χ0v) is 18.8. The highest BCUT2D eigenvalue weighted by Gasteiger charge is 2.35. The molecule has 2 aromatic rings. The molecular formula is C20H19ClN2O8S. The Labute approximate surface area is 189 Å². The van der Waals surface area contributed by atoms with Crippen molar-refractivity contribution in [1.29, 1.82) is 0 Å². The largest absolute Gasteiger partial charge is 0.476 e. The summed E-state index contributed by atoms with van der Waals surface area (Å²) in [6.45, 7) is -0.307. The first-order chi connectivity index (χ1) is 15.0. The average Bonchev–Trinajstić information content (AvgIpc) is 2.76. The molecule has 170 valence electrons. The molecule has 1 amide bonds. The van der Waals surface area contributed by atoms with Crippen molar-refractivity contribution in [2.75, 3.05) is 36.6 Å². The van der Waals surface area contributed by atoms with Crippen LogP contribution < -0.4 is 14.4 Å². The maximum absolute atomic E-state index is 12.9. The summed E-state index contributed by atoms with van der Waals surface area (Å²) < 4.78 is 40.6. The van der Waals surface area contributed by atoms with Gasteiger partial charge in [-0.05, 0) is 36.4 Å². The molecule has 0 spiro atoms. The molecule has 1 aliphatic heterocycles. The number of fused-ring (bicyclic) bond motifs is 1. The Morgan fingerprint density at radius 3 is 2.19 bits per heavy atom. The number of hydrogen-bond acceptors (Lipinski definition) is 8. The van der Waals surface area contributed by atoms with E-state index in [1.165, 1.54) is 50.6 Å². The zero-order chi connectivity index (χ0) is 23.6. The van der Waals surface area contributed by atoms with Crippen LogP contribution in [0.5, 0.6) is 5.75 Å². The van der Waals surface area contributed by atoms with Crippen LogP contribution in [-0.4, -0.2) is 59.4 Å². The number of amides is 1. The molecule has 0 aromatic heterocycles. The van der Waals surface area contributed by atoms with E-state index in [2.05, 4.69) is 14.8 Å². The van der Waals surface area contributed by atoms with E-state index in [1.807, 2.05) is 0 Å². The predicted molar refractivity (Wildman–Crippen MR) is 116 cm³/mol. The number of rotatable bonds is 5. The first-order valence-corrected chi connectivity index (χ1v) is 11.3. The van der Waals surface area contributed by atoms with Crippen molar-refractivity contribution in [3.05, 3.63) is 52.5 Å². The van der Waals surface area contributed by atoms with Crippen LogP contribution in [-0.2, 0) is 24.3 Å². The van der Waals surface area contributed by atoms with E-state index in [0.29, 0.717) is 5.02 Å². The average molecular weight is 483 g/mol. The fraction of sp³-hybridized carbons (Fsp3) is 0.250. The minimum absolute atomic E-state index is 0.00742. The van der Waals surface area contributed by atoms with E-state index in [1.54, 1.807) is 0 Å². The fourth-order valence-electron chi connectivity index (χ4n) is 3.07. The van der Waals surface area contributed by atoms with Gasteiger partial charge in [0.1, 0.15) is 5.75 Å². The lowest BCUT2D eigenvalue weighted by Crippen LogP contribution is -2.48. The van der Waals surface area contributed by atoms with Crippen LogP contribution in [0.25, 0.3) is 0 Å². The van der Waals surface area contributed by atoms with Crippen molar-refractivity contribution >= 4 is 50.8 Å². The molecule has 0 bridgehead atoms. The third-order valence-electron chi connectivity index (χ3n) is 4.53. The van der Waals surface area contributed by atoms with Crippen molar-refractivity contribution in [3.63, 3.8) is 0 Å². The quantitative estimate of drug-likeness (QED) is 0.641. The molecule has 1 aliphatic rings. The molecule has 10 nitrogen and oxygen atoms in total. The number of nitrogens with zero attached hydrogens (tertiary/aromatic N) is 1. The van der Waals surface area contributed by atoms with E-state index in [4.69, 9.17) is 16.3 Å². The Bertz CT molecular complexity index is 1160. The smallest absolute Gasteiger partial charge is 0.337 e. The van der Waals surface area contributed by atoms with Gasteiger partial charge in [0.05, 0.1) is 43.8 Å². The number of nitrogens with one attached hydrogen (secondary N) is 1. The van der Waals surface area contributed by atoms with Gasteiger partial charge in [-0.15, -0.1) is 0 Å². The van der Waals surface area contributed by atoms with Crippen LogP contribution in [0.2, 0.25) is 5.02 Å². The number of halogens is 1. The highest BCUT2D eigenvalue weighted by Crippen LogP contribution is 2.37. The Balaban J connectivity index is 1.92. The summed E-state index contributed by atoms with van der Waals surface area (Å²) in [6, 6.07) is 8.26. The van der Waals surface area contributed by atoms with Gasteiger partial charge >= 0.3 is 11.9 Å². The summed E-state index contributed by atoms with van der Waals surface area (Å²) in [7, 11) is -1.40. The molecule has 1 heterocycles. The van der Waals surface area contributed by atoms with Gasteiger partial charge in [0, 0.05) is 10.7 Å². The second kappa shape index (κ2) is 9.05. The maximum atomic E-state index is 12.9. The Morgan fingerprint density at radius 1 is 1.06 bits per heavy atom. The molecule has 32 heavy (non-hydrogen) atoms. The van der Waals surface area contributed by atoms with Crippen molar-refractivity contribution in [2.24, 2.45) is 0 Å². The van der Waals surface area contributed by atoms with Gasteiger partial charge in [-0.2, -0.15) is 0 Å². The molecule has 0 radical (unpaired) electrons. The van der Waals surface area contributed by atoms with Crippen LogP contribution in [0.15, 0.2) is 36.4 Å². The van der Waals surface area contributed by atoms with Gasteiger partial charge < -0.3 is 19.5 Å². The second-order valence-electron chi connectivity index (χ2n) is 6.78. The van der Waals surface area contributed by atoms with Crippen LogP contribution in [0.1, 0.15) is 20.7 Å². The first-order valence-electron chi connectivity index (χ1n) is 9.10. The molecule has 1 atom stereocenters. The van der Waals surface area contributed by atoms with Crippen molar-refractivity contribution in [2.45, 2.75) is 6.10 Å². The number of carbonyl (C=O) groups excluding carboxylic acids is 3. The standard InChI is InChI=1S/C20H19ClN2O8S/c1-29-19(25)11-6-12(20(26)30-2)8-14(7-11)22-18(24)17-10-23(32(3,27)28)15-9-13(21)4-5-16(15)31-17/h4-9,17H,10H2,1-3H3,(H,22,24). The van der Waals surface area contributed by atoms with Gasteiger partial charge in [-0.25, -0.2) is 18.0 Å². The molecular weight excluding hydrogens is 464 g/mol. The Morgan fingerprint density at radius 2 is 1.66 bits per heavy atom. The summed E-state index contributed by atoms with van der Waals surface area (Å²) in [6.07, 6.45) is -0.220. The molecule has 3 rings (SSSR count). The van der Waals surface area contributed by atoms with Gasteiger partial charge in [-0.3, -0.25) is 9.10 Å². The van der Waals surface area contributed by atoms with Gasteiger partial charge in [0.2, 0.25) is 10.0 Å². The van der Waals surface area contributed by atoms with E-state index >= 15 is 0 Å². The minimum Gasteiger partial charge on any atom is -0.476 e. The topological polar surface area (TPSA) is 128 Å². The van der Waals surface area contributed by atoms with E-state index in [0.717, 1.165) is 10.6 Å². The highest BCUT2D eigenvalue weighted by molar-refractivity contribution is 7.92. The van der Waals surface area contributed by atoms with Crippen LogP contribution in [0, 0.1) is 0 Å². The lowest BCUT2D eigenvalue weighted by Gasteiger charge is -2.34. The summed E-state index contributed by atoms with van der Waals surface area (Å²) in [5.41, 5.74) is 0.320. The zero-order valence-electron chi connectivity index (χ0n) is 17.2. The molecule has 0 fully saturated rings. The predicted octanol–water partition coefficient (Wildman–Crippen LogP) is 2.08. The van der Waals surface area contributed by atoms with E-state index < -0.39 is 34.0 Å². The SMILES string of the molecule is COC(=O)c1cc(NC(=O)C2CN(S(C)(=O)=O)c3cc(Cl)ccc3O2)cc(C(=O)OC)c1.